The van der Waals surface area contributed by atoms with Gasteiger partial charge in [-0.1, -0.05) is 18.7 Å². The molecular weight excluding hydrogens is 355 g/mol. The summed E-state index contributed by atoms with van der Waals surface area (Å²) in [6.45, 7) is 2.19. The molecule has 1 nitrogen and oxygen atoms in total. The Morgan fingerprint density at radius 2 is 1.72 bits per heavy atom. The van der Waals surface area contributed by atoms with Crippen LogP contribution < -0.4 is 4.74 Å². The van der Waals surface area contributed by atoms with Gasteiger partial charge in [-0.05, 0) is 77.0 Å². The van der Waals surface area contributed by atoms with E-state index >= 15 is 0 Å². The fraction of sp³-hybridized carbons (Fsp3) is 0.200. The maximum Gasteiger partial charge on any atom is 0.118 e. The van der Waals surface area contributed by atoms with Crippen molar-refractivity contribution in [3.63, 3.8) is 0 Å². The van der Waals surface area contributed by atoms with Gasteiger partial charge in [0, 0.05) is 13.4 Å². The quantitative estimate of drug-likeness (QED) is 0.700. The van der Waals surface area contributed by atoms with Gasteiger partial charge >= 0.3 is 0 Å². The molecule has 0 unspecified atom stereocenters. The molecule has 0 amide bonds. The highest BCUT2D eigenvalue weighted by atomic mass is 127. The summed E-state index contributed by atoms with van der Waals surface area (Å²) in [6.07, 6.45) is 1.08. The van der Waals surface area contributed by atoms with E-state index in [0.29, 0.717) is 0 Å². The highest BCUT2D eigenvalue weighted by molar-refractivity contribution is 14.1. The highest BCUT2D eigenvalue weighted by Crippen LogP contribution is 2.30. The average molecular weight is 370 g/mol. The molecule has 3 heteroatoms. The predicted molar refractivity (Wildman–Crippen MR) is 85.7 cm³/mol. The summed E-state index contributed by atoms with van der Waals surface area (Å²) in [7, 11) is 1.69. The third-order valence-electron chi connectivity index (χ3n) is 2.69. The van der Waals surface area contributed by atoms with E-state index in [9.17, 15) is 0 Å². The maximum atomic E-state index is 5.16. The Hall–Kier alpha value is -0.680. The lowest BCUT2D eigenvalue weighted by Gasteiger charge is -2.06. The molecule has 0 atom stereocenters. The first kappa shape index (κ1) is 13.7. The summed E-state index contributed by atoms with van der Waals surface area (Å²) < 4.78 is 6.50. The molecule has 2 aromatic carbocycles. The van der Waals surface area contributed by atoms with Gasteiger partial charge in [0.05, 0.1) is 7.11 Å². The van der Waals surface area contributed by atoms with Crippen molar-refractivity contribution >= 4 is 34.4 Å². The fourth-order valence-electron chi connectivity index (χ4n) is 1.67. The van der Waals surface area contributed by atoms with E-state index in [4.69, 9.17) is 4.74 Å². The van der Waals surface area contributed by atoms with E-state index in [1.807, 2.05) is 12.1 Å². The van der Waals surface area contributed by atoms with Gasteiger partial charge in [-0.3, -0.25) is 0 Å². The zero-order chi connectivity index (χ0) is 13.0. The molecule has 0 fully saturated rings. The zero-order valence-corrected chi connectivity index (χ0v) is 13.4. The first-order valence-corrected chi connectivity index (χ1v) is 7.72. The van der Waals surface area contributed by atoms with Crippen molar-refractivity contribution in [1.29, 1.82) is 0 Å². The van der Waals surface area contributed by atoms with E-state index in [2.05, 4.69) is 59.8 Å². The largest absolute Gasteiger partial charge is 0.497 e. The van der Waals surface area contributed by atoms with E-state index < -0.39 is 0 Å². The lowest BCUT2D eigenvalue weighted by molar-refractivity contribution is 0.414. The first-order valence-electron chi connectivity index (χ1n) is 5.83. The number of halogens is 1. The molecule has 94 valence electrons. The van der Waals surface area contributed by atoms with Crippen LogP contribution in [0.2, 0.25) is 0 Å². The number of ether oxygens (including phenoxy) is 1. The molecule has 0 saturated carbocycles. The zero-order valence-electron chi connectivity index (χ0n) is 10.4. The number of methoxy groups -OCH3 is 1. The van der Waals surface area contributed by atoms with Crippen molar-refractivity contribution < 1.29 is 4.74 Å². The molecule has 0 aliphatic rings. The van der Waals surface area contributed by atoms with E-state index in [1.165, 1.54) is 18.9 Å². The minimum atomic E-state index is 0.899. The second-order valence-corrected chi connectivity index (χ2v) is 6.19. The second-order valence-electron chi connectivity index (χ2n) is 3.88. The number of benzene rings is 2. The van der Waals surface area contributed by atoms with Gasteiger partial charge in [-0.2, -0.15) is 0 Å². The topological polar surface area (TPSA) is 9.23 Å². The van der Waals surface area contributed by atoms with Crippen molar-refractivity contribution in [3.05, 3.63) is 51.6 Å². The normalized spacial score (nSPS) is 10.4. The van der Waals surface area contributed by atoms with Crippen LogP contribution in [0.25, 0.3) is 0 Å². The molecule has 0 radical (unpaired) electrons. The summed E-state index contributed by atoms with van der Waals surface area (Å²) in [4.78, 5) is 2.52. The molecule has 0 bridgehead atoms. The number of hydrogen-bond acceptors (Lipinski definition) is 2. The average Bonchev–Trinajstić information content (AvgIpc) is 2.42. The van der Waals surface area contributed by atoms with Crippen molar-refractivity contribution in [3.8, 4) is 5.75 Å². The van der Waals surface area contributed by atoms with Crippen LogP contribution in [0, 0.1) is 3.57 Å². The van der Waals surface area contributed by atoms with Crippen molar-refractivity contribution in [1.82, 2.24) is 0 Å². The highest BCUT2D eigenvalue weighted by Gasteiger charge is 2.02. The SMILES string of the molecule is CCc1cc(Sc2ccc(OC)cc2)ccc1I. The molecule has 2 rings (SSSR count). The molecule has 0 aliphatic heterocycles. The van der Waals surface area contributed by atoms with Gasteiger partial charge in [0.15, 0.2) is 0 Å². The van der Waals surface area contributed by atoms with E-state index in [0.717, 1.165) is 12.2 Å². The smallest absolute Gasteiger partial charge is 0.118 e. The van der Waals surface area contributed by atoms with Gasteiger partial charge in [0.2, 0.25) is 0 Å². The van der Waals surface area contributed by atoms with Crippen LogP contribution in [0.4, 0.5) is 0 Å². The first-order chi connectivity index (χ1) is 8.72. The van der Waals surface area contributed by atoms with E-state index in [1.54, 1.807) is 18.9 Å². The third kappa shape index (κ3) is 3.42. The molecule has 0 aliphatic carbocycles. The number of aryl methyl sites for hydroxylation is 1. The standard InChI is InChI=1S/C15H15IOS/c1-3-11-10-14(8-9-15(11)16)18-13-6-4-12(17-2)5-7-13/h4-10H,3H2,1-2H3. The van der Waals surface area contributed by atoms with Crippen LogP contribution in [-0.2, 0) is 6.42 Å². The molecule has 0 heterocycles. The van der Waals surface area contributed by atoms with E-state index in [-0.39, 0.29) is 0 Å². The lowest BCUT2D eigenvalue weighted by Crippen LogP contribution is -1.86. The Morgan fingerprint density at radius 3 is 2.33 bits per heavy atom. The molecule has 18 heavy (non-hydrogen) atoms. The van der Waals surface area contributed by atoms with Crippen molar-refractivity contribution in [2.24, 2.45) is 0 Å². The minimum absolute atomic E-state index is 0.899. The number of rotatable bonds is 4. The van der Waals surface area contributed by atoms with Gasteiger partial charge in [0.1, 0.15) is 5.75 Å². The summed E-state index contributed by atoms with van der Waals surface area (Å²) in [5.74, 6) is 0.899. The lowest BCUT2D eigenvalue weighted by atomic mass is 10.2. The molecular formula is C15H15IOS. The summed E-state index contributed by atoms with van der Waals surface area (Å²) in [5.41, 5.74) is 1.41. The van der Waals surface area contributed by atoms with Crippen LogP contribution in [0.3, 0.4) is 0 Å². The van der Waals surface area contributed by atoms with Crippen LogP contribution in [0.15, 0.2) is 52.3 Å². The second kappa shape index (κ2) is 6.48. The summed E-state index contributed by atoms with van der Waals surface area (Å²) in [6, 6.07) is 14.8. The Morgan fingerprint density at radius 1 is 1.06 bits per heavy atom. The third-order valence-corrected chi connectivity index (χ3v) is 4.74. The molecule has 0 spiro atoms. The maximum absolute atomic E-state index is 5.16. The fourth-order valence-corrected chi connectivity index (χ4v) is 3.26. The van der Waals surface area contributed by atoms with Gasteiger partial charge < -0.3 is 4.74 Å². The Labute approximate surface area is 126 Å². The minimum Gasteiger partial charge on any atom is -0.497 e. The van der Waals surface area contributed by atoms with Gasteiger partial charge in [-0.25, -0.2) is 0 Å². The van der Waals surface area contributed by atoms with Crippen molar-refractivity contribution in [2.75, 3.05) is 7.11 Å². The predicted octanol–water partition coefficient (Wildman–Crippen LogP) is 5.01. The van der Waals surface area contributed by atoms with Crippen LogP contribution in [-0.4, -0.2) is 7.11 Å². The number of hydrogen-bond donors (Lipinski definition) is 0. The van der Waals surface area contributed by atoms with Gasteiger partial charge in [0.25, 0.3) is 0 Å². The van der Waals surface area contributed by atoms with Gasteiger partial charge in [-0.15, -0.1) is 0 Å². The molecule has 0 saturated heterocycles. The van der Waals surface area contributed by atoms with Crippen LogP contribution >= 0.6 is 34.4 Å². The van der Waals surface area contributed by atoms with Crippen LogP contribution in [0.5, 0.6) is 5.75 Å². The molecule has 0 N–H and O–H groups in total. The summed E-state index contributed by atoms with van der Waals surface area (Å²) in [5, 5.41) is 0. The molecule has 0 aromatic heterocycles. The van der Waals surface area contributed by atoms with Crippen molar-refractivity contribution in [2.45, 2.75) is 23.1 Å². The molecule has 2 aromatic rings. The summed E-state index contributed by atoms with van der Waals surface area (Å²) >= 11 is 4.18. The Kier molecular flexibility index (Phi) is 4.95. The Balaban J connectivity index is 2.17. The monoisotopic (exact) mass is 370 g/mol. The Bertz CT molecular complexity index is 523. The van der Waals surface area contributed by atoms with Crippen LogP contribution in [0.1, 0.15) is 12.5 Å².